The third kappa shape index (κ3) is 2.21. The third-order valence-corrected chi connectivity index (χ3v) is 5.19. The van der Waals surface area contributed by atoms with Crippen molar-refractivity contribution in [2.75, 3.05) is 6.26 Å². The van der Waals surface area contributed by atoms with Crippen LogP contribution in [0.15, 0.2) is 22.7 Å². The van der Waals surface area contributed by atoms with Gasteiger partial charge in [0.05, 0.1) is 6.26 Å². The molecule has 1 saturated carbocycles. The average Bonchev–Trinajstić information content (AvgIpc) is 2.89. The van der Waals surface area contributed by atoms with Crippen molar-refractivity contribution in [1.82, 2.24) is 4.72 Å². The van der Waals surface area contributed by atoms with Gasteiger partial charge < -0.3 is 0 Å². The van der Waals surface area contributed by atoms with E-state index in [-0.39, 0.29) is 17.2 Å². The summed E-state index contributed by atoms with van der Waals surface area (Å²) in [6, 6.07) is 6.13. The van der Waals surface area contributed by atoms with Crippen molar-refractivity contribution in [3.8, 4) is 0 Å². The van der Waals surface area contributed by atoms with Gasteiger partial charge in [-0.1, -0.05) is 22.0 Å². The van der Waals surface area contributed by atoms with Crippen LogP contribution < -0.4 is 4.72 Å². The van der Waals surface area contributed by atoms with Gasteiger partial charge in [-0.2, -0.15) is 0 Å². The normalized spacial score (nSPS) is 28.2. The summed E-state index contributed by atoms with van der Waals surface area (Å²) in [6.07, 6.45) is 3.65. The molecule has 0 radical (unpaired) electrons. The zero-order valence-electron chi connectivity index (χ0n) is 10.4. The van der Waals surface area contributed by atoms with E-state index < -0.39 is 10.0 Å². The quantitative estimate of drug-likeness (QED) is 0.889. The molecule has 1 amide bonds. The molecule has 0 heterocycles. The molecule has 0 aromatic heterocycles. The number of fused-ring (bicyclic) bond motifs is 2. The molecular weight excluding hydrogens is 330 g/mol. The minimum Gasteiger partial charge on any atom is -0.274 e. The predicted molar refractivity (Wildman–Crippen MR) is 75.2 cm³/mol. The van der Waals surface area contributed by atoms with E-state index in [4.69, 9.17) is 0 Å². The van der Waals surface area contributed by atoms with Crippen LogP contribution in [0.2, 0.25) is 0 Å². The molecule has 1 aromatic rings. The monoisotopic (exact) mass is 343 g/mol. The van der Waals surface area contributed by atoms with Crippen LogP contribution in [0.1, 0.15) is 24.0 Å². The van der Waals surface area contributed by atoms with E-state index in [1.807, 2.05) is 6.07 Å². The smallest absolute Gasteiger partial charge is 0.237 e. The molecular formula is C13H14BrNO3S. The fraction of sp³-hybridized carbons (Fsp3) is 0.462. The summed E-state index contributed by atoms with van der Waals surface area (Å²) in [4.78, 5) is 12.0. The number of rotatable bonds is 2. The summed E-state index contributed by atoms with van der Waals surface area (Å²) in [6.45, 7) is 0. The number of aryl methyl sites for hydroxylation is 1. The lowest BCUT2D eigenvalue weighted by molar-refractivity contribution is -0.120. The molecule has 4 nitrogen and oxygen atoms in total. The van der Waals surface area contributed by atoms with Crippen LogP contribution in [0.5, 0.6) is 0 Å². The minimum absolute atomic E-state index is 0.120. The third-order valence-electron chi connectivity index (χ3n) is 4.12. The topological polar surface area (TPSA) is 63.2 Å². The van der Waals surface area contributed by atoms with Gasteiger partial charge >= 0.3 is 0 Å². The van der Waals surface area contributed by atoms with Crippen LogP contribution in [0.25, 0.3) is 0 Å². The summed E-state index contributed by atoms with van der Waals surface area (Å²) in [7, 11) is -3.47. The van der Waals surface area contributed by atoms with E-state index in [0.29, 0.717) is 0 Å². The second-order valence-corrected chi connectivity index (χ2v) is 8.12. The van der Waals surface area contributed by atoms with Gasteiger partial charge in [-0.25, -0.2) is 8.42 Å². The van der Waals surface area contributed by atoms with Gasteiger partial charge in [0.15, 0.2) is 0 Å². The van der Waals surface area contributed by atoms with Gasteiger partial charge in [-0.15, -0.1) is 0 Å². The lowest BCUT2D eigenvalue weighted by Crippen LogP contribution is -2.32. The van der Waals surface area contributed by atoms with Gasteiger partial charge in [0.1, 0.15) is 0 Å². The van der Waals surface area contributed by atoms with Gasteiger partial charge in [-0.3, -0.25) is 9.52 Å². The van der Waals surface area contributed by atoms with Gasteiger partial charge in [0.2, 0.25) is 15.9 Å². The lowest BCUT2D eigenvalue weighted by Gasteiger charge is -2.11. The molecule has 1 spiro atoms. The second kappa shape index (κ2) is 4.06. The Morgan fingerprint density at radius 2 is 2.21 bits per heavy atom. The summed E-state index contributed by atoms with van der Waals surface area (Å²) >= 11 is 3.45. The summed E-state index contributed by atoms with van der Waals surface area (Å²) < 4.78 is 25.4. The van der Waals surface area contributed by atoms with Crippen LogP contribution in [0.4, 0.5) is 0 Å². The van der Waals surface area contributed by atoms with Crippen LogP contribution in [-0.2, 0) is 26.7 Å². The number of hydrogen-bond donors (Lipinski definition) is 1. The van der Waals surface area contributed by atoms with Crippen molar-refractivity contribution in [2.45, 2.75) is 24.7 Å². The Morgan fingerprint density at radius 3 is 2.89 bits per heavy atom. The number of benzene rings is 1. The Labute approximate surface area is 120 Å². The zero-order chi connectivity index (χ0) is 13.8. The first-order valence-corrected chi connectivity index (χ1v) is 8.81. The van der Waals surface area contributed by atoms with E-state index in [1.54, 1.807) is 0 Å². The van der Waals surface area contributed by atoms with E-state index in [1.165, 1.54) is 11.1 Å². The molecule has 1 fully saturated rings. The maximum absolute atomic E-state index is 12.0. The van der Waals surface area contributed by atoms with Crippen LogP contribution in [-0.4, -0.2) is 20.6 Å². The number of halogens is 1. The summed E-state index contributed by atoms with van der Waals surface area (Å²) in [5, 5.41) is 0. The van der Waals surface area contributed by atoms with Gasteiger partial charge in [-0.05, 0) is 42.5 Å². The first-order valence-electron chi connectivity index (χ1n) is 6.12. The maximum Gasteiger partial charge on any atom is 0.237 e. The van der Waals surface area contributed by atoms with Crippen LogP contribution in [0.3, 0.4) is 0 Å². The fourth-order valence-electron chi connectivity index (χ4n) is 3.22. The molecule has 0 saturated heterocycles. The average molecular weight is 344 g/mol. The van der Waals surface area contributed by atoms with Crippen molar-refractivity contribution in [2.24, 2.45) is 5.92 Å². The van der Waals surface area contributed by atoms with E-state index in [2.05, 4.69) is 32.8 Å². The molecule has 0 bridgehead atoms. The van der Waals surface area contributed by atoms with Crippen molar-refractivity contribution < 1.29 is 13.2 Å². The molecule has 0 unspecified atom stereocenters. The Hall–Kier alpha value is -0.880. The number of amides is 1. The SMILES string of the molecule is CS(=O)(=O)NC(=O)[C@@H]1C[C@@]12CCc1cc(Br)ccc12. The van der Waals surface area contributed by atoms with Gasteiger partial charge in [0, 0.05) is 15.8 Å². The molecule has 1 N–H and O–H groups in total. The number of nitrogens with one attached hydrogen (secondary N) is 1. The first-order chi connectivity index (χ1) is 8.82. The van der Waals surface area contributed by atoms with Gasteiger partial charge in [0.25, 0.3) is 0 Å². The highest BCUT2D eigenvalue weighted by molar-refractivity contribution is 9.10. The highest BCUT2D eigenvalue weighted by Crippen LogP contribution is 2.61. The van der Waals surface area contributed by atoms with E-state index in [0.717, 1.165) is 30.0 Å². The van der Waals surface area contributed by atoms with Crippen LogP contribution >= 0.6 is 15.9 Å². The fourth-order valence-corrected chi connectivity index (χ4v) is 4.14. The van der Waals surface area contributed by atoms with E-state index in [9.17, 15) is 13.2 Å². The van der Waals surface area contributed by atoms with Crippen molar-refractivity contribution in [3.63, 3.8) is 0 Å². The van der Waals surface area contributed by atoms with Crippen molar-refractivity contribution in [1.29, 1.82) is 0 Å². The summed E-state index contributed by atoms with van der Waals surface area (Å²) in [5.41, 5.74) is 2.36. The second-order valence-electron chi connectivity index (χ2n) is 5.45. The molecule has 6 heteroatoms. The molecule has 19 heavy (non-hydrogen) atoms. The van der Waals surface area contributed by atoms with Crippen molar-refractivity contribution >= 4 is 31.9 Å². The van der Waals surface area contributed by atoms with Crippen LogP contribution in [0, 0.1) is 5.92 Å². The maximum atomic E-state index is 12.0. The van der Waals surface area contributed by atoms with Crippen molar-refractivity contribution in [3.05, 3.63) is 33.8 Å². The molecule has 3 rings (SSSR count). The largest absolute Gasteiger partial charge is 0.274 e. The first kappa shape index (κ1) is 13.1. The Balaban J connectivity index is 1.86. The minimum atomic E-state index is -3.47. The number of hydrogen-bond acceptors (Lipinski definition) is 3. The number of sulfonamides is 1. The molecule has 1 aromatic carbocycles. The Bertz CT molecular complexity index is 670. The molecule has 2 aliphatic rings. The lowest BCUT2D eigenvalue weighted by atomic mass is 9.95. The summed E-state index contributed by atoms with van der Waals surface area (Å²) in [5.74, 6) is -0.567. The molecule has 0 aliphatic heterocycles. The Kier molecular flexibility index (Phi) is 2.80. The van der Waals surface area contributed by atoms with E-state index >= 15 is 0 Å². The molecule has 102 valence electrons. The molecule has 2 atom stereocenters. The zero-order valence-corrected chi connectivity index (χ0v) is 12.8. The predicted octanol–water partition coefficient (Wildman–Crippen LogP) is 1.73. The highest BCUT2D eigenvalue weighted by Gasteiger charge is 2.61. The Morgan fingerprint density at radius 1 is 1.47 bits per heavy atom. The number of carbonyl (C=O) groups is 1. The highest BCUT2D eigenvalue weighted by atomic mass is 79.9. The molecule has 2 aliphatic carbocycles. The number of carbonyl (C=O) groups excluding carboxylic acids is 1. The standard InChI is InChI=1S/C13H14BrNO3S/c1-19(17,18)15-12(16)11-7-13(11)5-4-8-6-9(14)2-3-10(8)13/h2-3,6,11H,4-5,7H2,1H3,(H,15,16)/t11-,13+/m0/s1.